The predicted octanol–water partition coefficient (Wildman–Crippen LogP) is 2.89. The Morgan fingerprint density at radius 3 is 2.54 bits per heavy atom. The van der Waals surface area contributed by atoms with Gasteiger partial charge in [0.25, 0.3) is 11.6 Å². The summed E-state index contributed by atoms with van der Waals surface area (Å²) in [4.78, 5) is 38.1. The molecule has 0 saturated heterocycles. The number of non-ortho nitro benzene ring substituents is 1. The molecular formula is C20H16N2O6. The van der Waals surface area contributed by atoms with Crippen LogP contribution in [0.15, 0.2) is 57.7 Å². The number of amides is 1. The number of benzene rings is 2. The van der Waals surface area contributed by atoms with Crippen molar-refractivity contribution in [2.75, 3.05) is 20.3 Å². The molecule has 1 aliphatic rings. The zero-order chi connectivity index (χ0) is 19.8. The molecule has 1 unspecified atom stereocenters. The number of nitro benzene ring substituents is 1. The highest BCUT2D eigenvalue weighted by atomic mass is 16.6. The average Bonchev–Trinajstić information content (AvgIpc) is 2.99. The summed E-state index contributed by atoms with van der Waals surface area (Å²) in [6.07, 6.45) is 0. The standard InChI is InChI=1S/C20H16N2O6/c1-27-11-10-21-17(12-6-8-13(9-7-12)22(25)26)16-18(23)14-4-2-3-5-15(14)28-19(16)20(21)24/h2-9,17H,10-11H2,1H3. The summed E-state index contributed by atoms with van der Waals surface area (Å²) in [5.74, 6) is -0.401. The number of fused-ring (bicyclic) bond motifs is 2. The highest BCUT2D eigenvalue weighted by Gasteiger charge is 2.42. The molecule has 1 aliphatic heterocycles. The summed E-state index contributed by atoms with van der Waals surface area (Å²) in [6, 6.07) is 11.9. The van der Waals surface area contributed by atoms with Crippen LogP contribution in [0.3, 0.4) is 0 Å². The van der Waals surface area contributed by atoms with Gasteiger partial charge in [0.1, 0.15) is 5.58 Å². The topological polar surface area (TPSA) is 103 Å². The van der Waals surface area contributed by atoms with Gasteiger partial charge in [0.15, 0.2) is 5.43 Å². The van der Waals surface area contributed by atoms with E-state index in [-0.39, 0.29) is 35.6 Å². The Morgan fingerprint density at radius 2 is 1.86 bits per heavy atom. The smallest absolute Gasteiger partial charge is 0.290 e. The van der Waals surface area contributed by atoms with Crippen LogP contribution in [0.4, 0.5) is 5.69 Å². The minimum absolute atomic E-state index is 0.00292. The second-order valence-corrected chi connectivity index (χ2v) is 6.41. The highest BCUT2D eigenvalue weighted by Crippen LogP contribution is 2.38. The Kier molecular flexibility index (Phi) is 4.40. The lowest BCUT2D eigenvalue weighted by atomic mass is 9.98. The predicted molar refractivity (Wildman–Crippen MR) is 100 cm³/mol. The second kappa shape index (κ2) is 6.90. The molecule has 0 spiro atoms. The van der Waals surface area contributed by atoms with Gasteiger partial charge in [-0.05, 0) is 29.8 Å². The third-order valence-electron chi connectivity index (χ3n) is 4.83. The summed E-state index contributed by atoms with van der Waals surface area (Å²) >= 11 is 0. The Balaban J connectivity index is 1.92. The van der Waals surface area contributed by atoms with E-state index in [1.807, 2.05) is 0 Å². The molecule has 1 atom stereocenters. The molecule has 4 rings (SSSR count). The summed E-state index contributed by atoms with van der Waals surface area (Å²) in [5, 5.41) is 11.3. The molecule has 1 amide bonds. The number of para-hydroxylation sites is 1. The molecular weight excluding hydrogens is 364 g/mol. The zero-order valence-corrected chi connectivity index (χ0v) is 15.0. The number of carbonyl (C=O) groups is 1. The molecule has 0 aliphatic carbocycles. The third kappa shape index (κ3) is 2.74. The summed E-state index contributed by atoms with van der Waals surface area (Å²) in [5.41, 5.74) is 0.830. The SMILES string of the molecule is COCCN1C(=O)c2oc3ccccc3c(=O)c2C1c1ccc([N+](=O)[O-])cc1. The largest absolute Gasteiger partial charge is 0.450 e. The van der Waals surface area contributed by atoms with Gasteiger partial charge in [-0.25, -0.2) is 0 Å². The van der Waals surface area contributed by atoms with Gasteiger partial charge >= 0.3 is 0 Å². The Labute approximate surface area is 159 Å². The molecule has 2 heterocycles. The van der Waals surface area contributed by atoms with Crippen LogP contribution in [-0.2, 0) is 4.74 Å². The van der Waals surface area contributed by atoms with E-state index in [4.69, 9.17) is 9.15 Å². The van der Waals surface area contributed by atoms with Crippen LogP contribution in [0, 0.1) is 10.1 Å². The summed E-state index contributed by atoms with van der Waals surface area (Å²) in [6.45, 7) is 0.522. The monoisotopic (exact) mass is 380 g/mol. The Morgan fingerprint density at radius 1 is 1.14 bits per heavy atom. The fourth-order valence-corrected chi connectivity index (χ4v) is 3.51. The fraction of sp³-hybridized carbons (Fsp3) is 0.200. The number of hydrogen-bond acceptors (Lipinski definition) is 6. The average molecular weight is 380 g/mol. The van der Waals surface area contributed by atoms with Crippen molar-refractivity contribution in [1.29, 1.82) is 0 Å². The van der Waals surface area contributed by atoms with Crippen molar-refractivity contribution in [3.05, 3.63) is 85.8 Å². The molecule has 1 aromatic heterocycles. The summed E-state index contributed by atoms with van der Waals surface area (Å²) in [7, 11) is 1.52. The number of methoxy groups -OCH3 is 1. The maximum Gasteiger partial charge on any atom is 0.290 e. The molecule has 0 N–H and O–H groups in total. The van der Waals surface area contributed by atoms with Gasteiger partial charge in [0, 0.05) is 25.8 Å². The first-order valence-corrected chi connectivity index (χ1v) is 8.63. The maximum absolute atomic E-state index is 13.2. The van der Waals surface area contributed by atoms with Gasteiger partial charge in [-0.15, -0.1) is 0 Å². The van der Waals surface area contributed by atoms with Crippen LogP contribution in [0.2, 0.25) is 0 Å². The first-order chi connectivity index (χ1) is 13.5. The van der Waals surface area contributed by atoms with Crippen molar-refractivity contribution >= 4 is 22.6 Å². The molecule has 2 aromatic carbocycles. The second-order valence-electron chi connectivity index (χ2n) is 6.41. The van der Waals surface area contributed by atoms with Crippen molar-refractivity contribution in [2.45, 2.75) is 6.04 Å². The molecule has 142 valence electrons. The number of nitro groups is 1. The number of carbonyl (C=O) groups excluding carboxylic acids is 1. The van der Waals surface area contributed by atoms with Crippen LogP contribution in [-0.4, -0.2) is 36.0 Å². The molecule has 28 heavy (non-hydrogen) atoms. The minimum atomic E-state index is -0.695. The van der Waals surface area contributed by atoms with E-state index in [1.165, 1.54) is 24.1 Å². The van der Waals surface area contributed by atoms with Crippen molar-refractivity contribution in [3.63, 3.8) is 0 Å². The van der Waals surface area contributed by atoms with Crippen LogP contribution in [0.5, 0.6) is 0 Å². The van der Waals surface area contributed by atoms with E-state index in [1.54, 1.807) is 36.4 Å². The highest BCUT2D eigenvalue weighted by molar-refractivity contribution is 5.99. The first kappa shape index (κ1) is 17.9. The van der Waals surface area contributed by atoms with Gasteiger partial charge in [-0.1, -0.05) is 12.1 Å². The van der Waals surface area contributed by atoms with Crippen LogP contribution >= 0.6 is 0 Å². The van der Waals surface area contributed by atoms with E-state index in [0.717, 1.165) is 0 Å². The first-order valence-electron chi connectivity index (χ1n) is 8.63. The molecule has 0 saturated carbocycles. The van der Waals surface area contributed by atoms with Crippen molar-refractivity contribution in [3.8, 4) is 0 Å². The minimum Gasteiger partial charge on any atom is -0.450 e. The Bertz CT molecular complexity index is 1140. The van der Waals surface area contributed by atoms with E-state index < -0.39 is 16.9 Å². The van der Waals surface area contributed by atoms with Crippen LogP contribution in [0.25, 0.3) is 11.0 Å². The van der Waals surface area contributed by atoms with Gasteiger partial charge < -0.3 is 14.1 Å². The third-order valence-corrected chi connectivity index (χ3v) is 4.83. The van der Waals surface area contributed by atoms with E-state index >= 15 is 0 Å². The number of nitrogens with zero attached hydrogens (tertiary/aromatic N) is 2. The van der Waals surface area contributed by atoms with Crippen molar-refractivity contribution in [1.82, 2.24) is 4.90 Å². The normalized spacial score (nSPS) is 15.8. The number of ether oxygens (including phenoxy) is 1. The van der Waals surface area contributed by atoms with E-state index in [0.29, 0.717) is 16.5 Å². The van der Waals surface area contributed by atoms with E-state index in [2.05, 4.69) is 0 Å². The molecule has 0 radical (unpaired) electrons. The van der Waals surface area contributed by atoms with Crippen LogP contribution in [0.1, 0.15) is 27.7 Å². The quantitative estimate of drug-likeness (QED) is 0.498. The lowest BCUT2D eigenvalue weighted by Crippen LogP contribution is -2.32. The van der Waals surface area contributed by atoms with Crippen molar-refractivity contribution < 1.29 is 18.9 Å². The lowest BCUT2D eigenvalue weighted by Gasteiger charge is -2.24. The van der Waals surface area contributed by atoms with Crippen molar-refractivity contribution in [2.24, 2.45) is 0 Å². The molecule has 3 aromatic rings. The van der Waals surface area contributed by atoms with Gasteiger partial charge in [-0.2, -0.15) is 0 Å². The van der Waals surface area contributed by atoms with Crippen LogP contribution < -0.4 is 5.43 Å². The summed E-state index contributed by atoms with van der Waals surface area (Å²) < 4.78 is 10.9. The molecule has 0 bridgehead atoms. The number of rotatable bonds is 5. The van der Waals surface area contributed by atoms with E-state index in [9.17, 15) is 19.7 Å². The molecule has 8 heteroatoms. The lowest BCUT2D eigenvalue weighted by molar-refractivity contribution is -0.384. The molecule has 0 fully saturated rings. The zero-order valence-electron chi connectivity index (χ0n) is 15.0. The van der Waals surface area contributed by atoms with Gasteiger partial charge in [0.2, 0.25) is 5.76 Å². The maximum atomic E-state index is 13.2. The Hall–Kier alpha value is -3.52. The number of hydrogen-bond donors (Lipinski definition) is 0. The van der Waals surface area contributed by atoms with Gasteiger partial charge in [0.05, 0.1) is 28.5 Å². The fourth-order valence-electron chi connectivity index (χ4n) is 3.51. The van der Waals surface area contributed by atoms with Gasteiger partial charge in [-0.3, -0.25) is 19.7 Å². The molecule has 8 nitrogen and oxygen atoms in total.